The quantitative estimate of drug-likeness (QED) is 0.619. The molecule has 2 aromatic rings. The van der Waals surface area contributed by atoms with Crippen LogP contribution in [0.4, 0.5) is 24.5 Å². The van der Waals surface area contributed by atoms with Crippen LogP contribution in [0, 0.1) is 0 Å². The Bertz CT molecular complexity index is 744. The number of nitrogens with zero attached hydrogens (tertiary/aromatic N) is 2. The normalized spacial score (nSPS) is 9.67. The van der Waals surface area contributed by atoms with Crippen molar-refractivity contribution in [2.75, 3.05) is 7.11 Å². The first kappa shape index (κ1) is 18.8. The molecule has 2 aromatic carbocycles. The summed E-state index contributed by atoms with van der Waals surface area (Å²) >= 11 is 0. The van der Waals surface area contributed by atoms with E-state index in [0.29, 0.717) is 5.69 Å². The van der Waals surface area contributed by atoms with Gasteiger partial charge in [-0.2, -0.15) is 23.2 Å². The lowest BCUT2D eigenvalue weighted by Gasteiger charge is -2.04. The van der Waals surface area contributed by atoms with Crippen molar-refractivity contribution < 1.29 is 27.5 Å². The minimum Gasteiger partial charge on any atom is -0.497 e. The molecule has 0 amide bonds. The zero-order chi connectivity index (χ0) is 18.0. The standard InChI is InChI=1S/C8H4F3NO.C8H7NO2/c9-8(10,11)6-1-3-7(4-2-6)12-5-13;1-11-8-4-2-7(3-5-8)9-6-10/h1-4H;2-5H,1H3. The van der Waals surface area contributed by atoms with Crippen LogP contribution in [0.2, 0.25) is 0 Å². The van der Waals surface area contributed by atoms with E-state index in [1.54, 1.807) is 31.4 Å². The van der Waals surface area contributed by atoms with E-state index >= 15 is 0 Å². The molecule has 0 spiro atoms. The third kappa shape index (κ3) is 6.27. The second-order valence-corrected chi connectivity index (χ2v) is 4.15. The van der Waals surface area contributed by atoms with Crippen molar-refractivity contribution in [2.24, 2.45) is 9.98 Å². The molecular weight excluding hydrogens is 325 g/mol. The van der Waals surface area contributed by atoms with E-state index in [9.17, 15) is 22.8 Å². The highest BCUT2D eigenvalue weighted by Gasteiger charge is 2.29. The van der Waals surface area contributed by atoms with Crippen molar-refractivity contribution in [1.29, 1.82) is 0 Å². The summed E-state index contributed by atoms with van der Waals surface area (Å²) < 4.78 is 40.9. The molecule has 0 bridgehead atoms. The minimum atomic E-state index is -4.36. The molecule has 5 nitrogen and oxygen atoms in total. The van der Waals surface area contributed by atoms with Gasteiger partial charge in [0.15, 0.2) is 0 Å². The molecule has 0 saturated heterocycles. The first-order valence-electron chi connectivity index (χ1n) is 6.37. The van der Waals surface area contributed by atoms with E-state index in [2.05, 4.69) is 9.98 Å². The van der Waals surface area contributed by atoms with Gasteiger partial charge in [0, 0.05) is 0 Å². The number of benzene rings is 2. The van der Waals surface area contributed by atoms with Crippen LogP contribution in [-0.4, -0.2) is 19.3 Å². The van der Waals surface area contributed by atoms with Gasteiger partial charge in [0.25, 0.3) is 0 Å². The van der Waals surface area contributed by atoms with E-state index in [-0.39, 0.29) is 5.69 Å². The number of methoxy groups -OCH3 is 1. The smallest absolute Gasteiger partial charge is 0.416 e. The summed E-state index contributed by atoms with van der Waals surface area (Å²) in [4.78, 5) is 26.1. The molecule has 0 heterocycles. The van der Waals surface area contributed by atoms with E-state index in [4.69, 9.17) is 4.74 Å². The molecule has 0 N–H and O–H groups in total. The Hall–Kier alpha value is -3.21. The maximum atomic E-state index is 12.0. The van der Waals surface area contributed by atoms with Gasteiger partial charge in [0.2, 0.25) is 12.2 Å². The van der Waals surface area contributed by atoms with Crippen molar-refractivity contribution in [1.82, 2.24) is 0 Å². The van der Waals surface area contributed by atoms with Crippen molar-refractivity contribution in [3.8, 4) is 5.75 Å². The first-order chi connectivity index (χ1) is 11.4. The number of aliphatic imine (C=N–C) groups is 2. The van der Waals surface area contributed by atoms with Crippen molar-refractivity contribution in [3.05, 3.63) is 54.1 Å². The zero-order valence-corrected chi connectivity index (χ0v) is 12.4. The van der Waals surface area contributed by atoms with Gasteiger partial charge in [0.05, 0.1) is 24.0 Å². The Morgan fingerprint density at radius 2 is 1.25 bits per heavy atom. The Labute approximate surface area is 135 Å². The van der Waals surface area contributed by atoms with Crippen LogP contribution >= 0.6 is 0 Å². The summed E-state index contributed by atoms with van der Waals surface area (Å²) in [5.41, 5.74) is -0.0267. The summed E-state index contributed by atoms with van der Waals surface area (Å²) in [7, 11) is 1.58. The maximum absolute atomic E-state index is 12.0. The summed E-state index contributed by atoms with van der Waals surface area (Å²) in [5, 5.41) is 0. The van der Waals surface area contributed by atoms with Gasteiger partial charge < -0.3 is 4.74 Å². The molecule has 0 atom stereocenters. The fraction of sp³-hybridized carbons (Fsp3) is 0.125. The minimum absolute atomic E-state index is 0.156. The number of isocyanates is 2. The van der Waals surface area contributed by atoms with Crippen LogP contribution in [0.1, 0.15) is 5.56 Å². The summed E-state index contributed by atoms with van der Waals surface area (Å²) in [6.45, 7) is 0. The molecule has 0 aliphatic rings. The molecule has 124 valence electrons. The van der Waals surface area contributed by atoms with Crippen LogP contribution in [0.3, 0.4) is 0 Å². The number of hydrogen-bond acceptors (Lipinski definition) is 5. The zero-order valence-electron chi connectivity index (χ0n) is 12.4. The largest absolute Gasteiger partial charge is 0.497 e. The second-order valence-electron chi connectivity index (χ2n) is 4.15. The van der Waals surface area contributed by atoms with Gasteiger partial charge in [0.1, 0.15) is 5.75 Å². The number of alkyl halides is 3. The fourth-order valence-corrected chi connectivity index (χ4v) is 1.49. The van der Waals surface area contributed by atoms with E-state index in [1.165, 1.54) is 12.2 Å². The van der Waals surface area contributed by atoms with Gasteiger partial charge in [-0.25, -0.2) is 9.59 Å². The summed E-state index contributed by atoms with van der Waals surface area (Å²) in [6, 6.07) is 10.8. The fourth-order valence-electron chi connectivity index (χ4n) is 1.49. The third-order valence-electron chi connectivity index (χ3n) is 2.62. The average Bonchev–Trinajstić information content (AvgIpc) is 2.56. The van der Waals surface area contributed by atoms with Crippen molar-refractivity contribution >= 4 is 23.5 Å². The highest BCUT2D eigenvalue weighted by atomic mass is 19.4. The molecule has 8 heteroatoms. The summed E-state index contributed by atoms with van der Waals surface area (Å²) in [5.74, 6) is 0.745. The lowest BCUT2D eigenvalue weighted by Crippen LogP contribution is -2.03. The summed E-state index contributed by atoms with van der Waals surface area (Å²) in [6.07, 6.45) is -1.67. The third-order valence-corrected chi connectivity index (χ3v) is 2.62. The monoisotopic (exact) mass is 336 g/mol. The average molecular weight is 336 g/mol. The molecule has 24 heavy (non-hydrogen) atoms. The van der Waals surface area contributed by atoms with Gasteiger partial charge >= 0.3 is 6.18 Å². The van der Waals surface area contributed by atoms with Crippen LogP contribution in [0.5, 0.6) is 5.75 Å². The Kier molecular flexibility index (Phi) is 7.10. The second kappa shape index (κ2) is 9.05. The molecule has 0 saturated carbocycles. The van der Waals surface area contributed by atoms with Gasteiger partial charge in [-0.05, 0) is 48.5 Å². The van der Waals surface area contributed by atoms with Crippen LogP contribution in [-0.2, 0) is 15.8 Å². The molecule has 0 aromatic heterocycles. The van der Waals surface area contributed by atoms with Gasteiger partial charge in [-0.1, -0.05) is 0 Å². The molecule has 0 unspecified atom stereocenters. The van der Waals surface area contributed by atoms with E-state index in [1.807, 2.05) is 0 Å². The number of rotatable bonds is 3. The van der Waals surface area contributed by atoms with E-state index < -0.39 is 11.7 Å². The van der Waals surface area contributed by atoms with Crippen LogP contribution < -0.4 is 4.74 Å². The van der Waals surface area contributed by atoms with E-state index in [0.717, 1.165) is 30.0 Å². The SMILES string of the molecule is COc1ccc(N=C=O)cc1.O=C=Nc1ccc(C(F)(F)F)cc1. The van der Waals surface area contributed by atoms with Gasteiger partial charge in [-0.15, -0.1) is 0 Å². The van der Waals surface area contributed by atoms with Crippen molar-refractivity contribution in [2.45, 2.75) is 6.18 Å². The Balaban J connectivity index is 0.000000243. The van der Waals surface area contributed by atoms with Crippen LogP contribution in [0.15, 0.2) is 58.5 Å². The lowest BCUT2D eigenvalue weighted by molar-refractivity contribution is -0.137. The topological polar surface area (TPSA) is 68.1 Å². The lowest BCUT2D eigenvalue weighted by atomic mass is 10.2. The molecule has 0 aliphatic heterocycles. The molecule has 0 fully saturated rings. The Morgan fingerprint density at radius 1 is 0.833 bits per heavy atom. The Morgan fingerprint density at radius 3 is 1.58 bits per heavy atom. The maximum Gasteiger partial charge on any atom is 0.416 e. The number of hydrogen-bond donors (Lipinski definition) is 0. The molecular formula is C16H11F3N2O3. The molecule has 0 radical (unpaired) electrons. The number of ether oxygens (including phenoxy) is 1. The highest BCUT2D eigenvalue weighted by molar-refractivity contribution is 5.50. The van der Waals surface area contributed by atoms with Gasteiger partial charge in [-0.3, -0.25) is 0 Å². The van der Waals surface area contributed by atoms with Crippen molar-refractivity contribution in [3.63, 3.8) is 0 Å². The number of halogens is 3. The first-order valence-corrected chi connectivity index (χ1v) is 6.37. The number of carbonyl (C=O) groups excluding carboxylic acids is 2. The highest BCUT2D eigenvalue weighted by Crippen LogP contribution is 2.30. The molecule has 0 aliphatic carbocycles. The molecule has 2 rings (SSSR count). The van der Waals surface area contributed by atoms with Crippen LogP contribution in [0.25, 0.3) is 0 Å². The predicted molar refractivity (Wildman–Crippen MR) is 80.0 cm³/mol. The predicted octanol–water partition coefficient (Wildman–Crippen LogP) is 4.34.